The molecule has 6 heteroatoms. The molecule has 0 fully saturated rings. The molecule has 0 aliphatic heterocycles. The molecule has 0 saturated heterocycles. The highest BCUT2D eigenvalue weighted by Crippen LogP contribution is 1.99. The number of guanidine groups is 1. The van der Waals surface area contributed by atoms with Crippen LogP contribution in [0.1, 0.15) is 11.1 Å². The third kappa shape index (κ3) is 5.88. The lowest BCUT2D eigenvalue weighted by molar-refractivity contribution is 0.855. The Hall–Kier alpha value is -2.47. The summed E-state index contributed by atoms with van der Waals surface area (Å²) in [6, 6.07) is 13.9. The van der Waals surface area contributed by atoms with E-state index in [0.717, 1.165) is 17.5 Å². The molecule has 1 aromatic carbocycles. The average Bonchev–Trinajstić information content (AvgIpc) is 2.55. The highest BCUT2D eigenvalue weighted by atomic mass is 32.1. The Bertz CT molecular complexity index is 613. The van der Waals surface area contributed by atoms with E-state index in [-0.39, 0.29) is 0 Å². The van der Waals surface area contributed by atoms with Crippen LogP contribution in [-0.2, 0) is 13.0 Å². The summed E-state index contributed by atoms with van der Waals surface area (Å²) in [5.74, 6) is 0.308. The number of nitrogens with one attached hydrogen (secondary N) is 2. The van der Waals surface area contributed by atoms with Crippen LogP contribution in [0.4, 0.5) is 0 Å². The zero-order chi connectivity index (χ0) is 15.6. The molecule has 0 radical (unpaired) electrons. The molecule has 1 aromatic heterocycles. The molecule has 4 N–H and O–H groups in total. The molecular formula is C16H19N5S. The Morgan fingerprint density at radius 1 is 1.14 bits per heavy atom. The highest BCUT2D eigenvalue weighted by Gasteiger charge is 1.99. The molecule has 2 rings (SSSR count). The van der Waals surface area contributed by atoms with E-state index in [1.807, 2.05) is 48.7 Å². The van der Waals surface area contributed by atoms with Gasteiger partial charge in [-0.05, 0) is 35.8 Å². The third-order valence-electron chi connectivity index (χ3n) is 2.94. The molecule has 0 unspecified atom stereocenters. The Balaban J connectivity index is 1.70. The minimum atomic E-state index is 0.308. The van der Waals surface area contributed by atoms with Crippen LogP contribution in [0.15, 0.2) is 59.9 Å². The van der Waals surface area contributed by atoms with Gasteiger partial charge < -0.3 is 16.4 Å². The summed E-state index contributed by atoms with van der Waals surface area (Å²) in [7, 11) is 0. The van der Waals surface area contributed by atoms with Crippen LogP contribution in [0.25, 0.3) is 0 Å². The summed E-state index contributed by atoms with van der Waals surface area (Å²) in [5, 5.41) is 6.43. The van der Waals surface area contributed by atoms with Gasteiger partial charge in [-0.25, -0.2) is 4.99 Å². The summed E-state index contributed by atoms with van der Waals surface area (Å²) >= 11 is 5.18. The largest absolute Gasteiger partial charge is 0.370 e. The van der Waals surface area contributed by atoms with Gasteiger partial charge in [0, 0.05) is 18.9 Å². The fraction of sp³-hybridized carbons (Fsp3) is 0.188. The topological polar surface area (TPSA) is 75.3 Å². The molecule has 114 valence electrons. The van der Waals surface area contributed by atoms with Crippen molar-refractivity contribution in [2.45, 2.75) is 13.0 Å². The molecule has 0 amide bonds. The lowest BCUT2D eigenvalue weighted by Gasteiger charge is -2.09. The SMILES string of the molecule is NC(=NCc1ccccc1)NC(=S)NCCc1cccnc1. The number of aliphatic imine (C=N–C) groups is 1. The number of rotatable bonds is 5. The summed E-state index contributed by atoms with van der Waals surface area (Å²) in [6.45, 7) is 1.24. The third-order valence-corrected chi connectivity index (χ3v) is 3.18. The molecule has 0 aliphatic rings. The van der Waals surface area contributed by atoms with Gasteiger partial charge in [-0.15, -0.1) is 0 Å². The summed E-state index contributed by atoms with van der Waals surface area (Å²) < 4.78 is 0. The highest BCUT2D eigenvalue weighted by molar-refractivity contribution is 7.80. The number of nitrogens with two attached hydrogens (primary N) is 1. The summed E-state index contributed by atoms with van der Waals surface area (Å²) in [4.78, 5) is 8.32. The Labute approximate surface area is 135 Å². The number of hydrogen-bond acceptors (Lipinski definition) is 3. The molecule has 0 spiro atoms. The molecule has 0 aliphatic carbocycles. The minimum absolute atomic E-state index is 0.308. The molecule has 0 bridgehead atoms. The Kier molecular flexibility index (Phi) is 6.32. The zero-order valence-corrected chi connectivity index (χ0v) is 13.0. The smallest absolute Gasteiger partial charge is 0.195 e. The maximum absolute atomic E-state index is 5.81. The normalized spacial score (nSPS) is 11.0. The predicted molar refractivity (Wildman–Crippen MR) is 93.4 cm³/mol. The van der Waals surface area contributed by atoms with Crippen molar-refractivity contribution in [3.05, 3.63) is 66.0 Å². The van der Waals surface area contributed by atoms with Crippen molar-refractivity contribution in [2.75, 3.05) is 6.54 Å². The lowest BCUT2D eigenvalue weighted by atomic mass is 10.2. The van der Waals surface area contributed by atoms with E-state index >= 15 is 0 Å². The molecule has 5 nitrogen and oxygen atoms in total. The average molecular weight is 313 g/mol. The zero-order valence-electron chi connectivity index (χ0n) is 12.2. The van der Waals surface area contributed by atoms with Gasteiger partial charge in [-0.3, -0.25) is 4.98 Å². The first-order chi connectivity index (χ1) is 10.7. The van der Waals surface area contributed by atoms with Crippen LogP contribution < -0.4 is 16.4 Å². The number of benzene rings is 1. The fourth-order valence-corrected chi connectivity index (χ4v) is 2.03. The van der Waals surface area contributed by atoms with Crippen molar-refractivity contribution in [1.29, 1.82) is 0 Å². The molecule has 0 atom stereocenters. The number of aromatic nitrogens is 1. The Morgan fingerprint density at radius 3 is 2.64 bits per heavy atom. The van der Waals surface area contributed by atoms with Crippen LogP contribution in [-0.4, -0.2) is 22.6 Å². The first kappa shape index (κ1) is 15.9. The fourth-order valence-electron chi connectivity index (χ4n) is 1.83. The van der Waals surface area contributed by atoms with Crippen molar-refractivity contribution in [3.63, 3.8) is 0 Å². The van der Waals surface area contributed by atoms with Crippen LogP contribution in [0.5, 0.6) is 0 Å². The second-order valence-corrected chi connectivity index (χ2v) is 5.09. The van der Waals surface area contributed by atoms with Crippen molar-refractivity contribution in [1.82, 2.24) is 15.6 Å². The second-order valence-electron chi connectivity index (χ2n) is 4.68. The van der Waals surface area contributed by atoms with Crippen molar-refractivity contribution < 1.29 is 0 Å². The van der Waals surface area contributed by atoms with Gasteiger partial charge >= 0.3 is 0 Å². The van der Waals surface area contributed by atoms with Gasteiger partial charge in [0.2, 0.25) is 0 Å². The van der Waals surface area contributed by atoms with E-state index in [2.05, 4.69) is 20.6 Å². The van der Waals surface area contributed by atoms with Gasteiger partial charge in [0.15, 0.2) is 11.1 Å². The van der Waals surface area contributed by atoms with E-state index in [1.165, 1.54) is 0 Å². The maximum atomic E-state index is 5.81. The van der Waals surface area contributed by atoms with E-state index in [1.54, 1.807) is 6.20 Å². The number of pyridine rings is 1. The number of hydrogen-bond donors (Lipinski definition) is 3. The first-order valence-corrected chi connectivity index (χ1v) is 7.42. The van der Waals surface area contributed by atoms with Crippen LogP contribution >= 0.6 is 12.2 Å². The molecule has 2 aromatic rings. The van der Waals surface area contributed by atoms with Crippen molar-refractivity contribution in [3.8, 4) is 0 Å². The van der Waals surface area contributed by atoms with Gasteiger partial charge in [0.05, 0.1) is 6.54 Å². The van der Waals surface area contributed by atoms with Gasteiger partial charge in [-0.1, -0.05) is 36.4 Å². The standard InChI is InChI=1S/C16H19N5S/c17-15(20-12-13-5-2-1-3-6-13)21-16(22)19-10-8-14-7-4-9-18-11-14/h1-7,9,11H,8,10,12H2,(H4,17,19,20,21,22). The van der Waals surface area contributed by atoms with Crippen LogP contribution in [0.2, 0.25) is 0 Å². The van der Waals surface area contributed by atoms with Gasteiger partial charge in [-0.2, -0.15) is 0 Å². The Morgan fingerprint density at radius 2 is 1.91 bits per heavy atom. The van der Waals surface area contributed by atoms with Crippen LogP contribution in [0, 0.1) is 0 Å². The molecule has 1 heterocycles. The molecular weight excluding hydrogens is 294 g/mol. The minimum Gasteiger partial charge on any atom is -0.370 e. The predicted octanol–water partition coefficient (Wildman–Crippen LogP) is 1.60. The lowest BCUT2D eigenvalue weighted by Crippen LogP contribution is -2.43. The number of thiocarbonyl (C=S) groups is 1. The molecule has 0 saturated carbocycles. The van der Waals surface area contributed by atoms with Gasteiger partial charge in [0.25, 0.3) is 0 Å². The summed E-state index contributed by atoms with van der Waals surface area (Å²) in [5.41, 5.74) is 8.06. The van der Waals surface area contributed by atoms with E-state index < -0.39 is 0 Å². The molecule has 22 heavy (non-hydrogen) atoms. The van der Waals surface area contributed by atoms with Crippen molar-refractivity contribution >= 4 is 23.3 Å². The quantitative estimate of drug-likeness (QED) is 0.444. The first-order valence-electron chi connectivity index (χ1n) is 7.01. The van der Waals surface area contributed by atoms with Crippen LogP contribution in [0.3, 0.4) is 0 Å². The maximum Gasteiger partial charge on any atom is 0.195 e. The summed E-state index contributed by atoms with van der Waals surface area (Å²) in [6.07, 6.45) is 4.44. The monoisotopic (exact) mass is 313 g/mol. The van der Waals surface area contributed by atoms with E-state index in [0.29, 0.717) is 24.2 Å². The van der Waals surface area contributed by atoms with E-state index in [4.69, 9.17) is 18.0 Å². The second kappa shape index (κ2) is 8.74. The number of nitrogens with zero attached hydrogens (tertiary/aromatic N) is 2. The van der Waals surface area contributed by atoms with E-state index in [9.17, 15) is 0 Å². The van der Waals surface area contributed by atoms with Crippen molar-refractivity contribution in [2.24, 2.45) is 10.7 Å². The van der Waals surface area contributed by atoms with Gasteiger partial charge in [0.1, 0.15) is 0 Å².